The van der Waals surface area contributed by atoms with Crippen molar-refractivity contribution in [3.05, 3.63) is 0 Å². The van der Waals surface area contributed by atoms with Crippen molar-refractivity contribution in [3.8, 4) is 0 Å². The summed E-state index contributed by atoms with van der Waals surface area (Å²) >= 11 is 0. The third kappa shape index (κ3) is 3.56. The Morgan fingerprint density at radius 1 is 1.36 bits per heavy atom. The number of nitrogens with zero attached hydrogens (tertiary/aromatic N) is 1. The molecule has 1 unspecified atom stereocenters. The molecule has 0 aromatic rings. The highest BCUT2D eigenvalue weighted by Gasteiger charge is 2.29. The highest BCUT2D eigenvalue weighted by Crippen LogP contribution is 2.22. The topological polar surface area (TPSA) is 38.5 Å². The molecule has 0 saturated heterocycles. The van der Waals surface area contributed by atoms with Gasteiger partial charge in [0.1, 0.15) is 0 Å². The summed E-state index contributed by atoms with van der Waals surface area (Å²) in [7, 11) is 3.88. The predicted molar refractivity (Wildman–Crippen MR) is 61.5 cm³/mol. The van der Waals surface area contributed by atoms with Gasteiger partial charge in [0, 0.05) is 25.7 Å². The van der Waals surface area contributed by atoms with E-state index in [4.69, 9.17) is 10.5 Å². The average Bonchev–Trinajstić information content (AvgIpc) is 2.22. The van der Waals surface area contributed by atoms with E-state index in [2.05, 4.69) is 25.8 Å². The Labute approximate surface area is 88.6 Å². The molecule has 0 rings (SSSR count). The number of methoxy groups -OCH3 is 1. The Balaban J connectivity index is 4.28. The molecule has 14 heavy (non-hydrogen) atoms. The van der Waals surface area contributed by atoms with Gasteiger partial charge in [0.05, 0.1) is 6.61 Å². The van der Waals surface area contributed by atoms with Crippen LogP contribution in [0, 0.1) is 0 Å². The van der Waals surface area contributed by atoms with Gasteiger partial charge in [-0.05, 0) is 19.9 Å². The Bertz CT molecular complexity index is 135. The summed E-state index contributed by atoms with van der Waals surface area (Å²) < 4.78 is 5.09. The first-order chi connectivity index (χ1) is 6.66. The Morgan fingerprint density at radius 3 is 2.36 bits per heavy atom. The maximum Gasteiger partial charge on any atom is 0.0589 e. The first kappa shape index (κ1) is 13.9. The average molecular weight is 202 g/mol. The molecule has 0 spiro atoms. The van der Waals surface area contributed by atoms with Crippen LogP contribution in [0.2, 0.25) is 0 Å². The minimum absolute atomic E-state index is 0.174. The molecule has 86 valence electrons. The van der Waals surface area contributed by atoms with E-state index in [0.29, 0.717) is 0 Å². The van der Waals surface area contributed by atoms with Crippen LogP contribution in [0.25, 0.3) is 0 Å². The summed E-state index contributed by atoms with van der Waals surface area (Å²) in [6, 6.07) is 0. The largest absolute Gasteiger partial charge is 0.383 e. The number of likely N-dealkylation sites (N-methyl/N-ethyl adjacent to an activating group) is 1. The first-order valence-electron chi connectivity index (χ1n) is 5.57. The Morgan fingerprint density at radius 2 is 2.00 bits per heavy atom. The monoisotopic (exact) mass is 202 g/mol. The summed E-state index contributed by atoms with van der Waals surface area (Å²) in [6.45, 7) is 6.90. The van der Waals surface area contributed by atoms with Gasteiger partial charge in [-0.2, -0.15) is 0 Å². The molecule has 0 aliphatic heterocycles. The van der Waals surface area contributed by atoms with Crippen molar-refractivity contribution in [2.75, 3.05) is 33.9 Å². The molecule has 2 N–H and O–H groups in total. The van der Waals surface area contributed by atoms with Gasteiger partial charge in [0.15, 0.2) is 0 Å². The zero-order valence-corrected chi connectivity index (χ0v) is 10.2. The molecule has 0 aliphatic carbocycles. The molecule has 0 saturated carbocycles. The van der Waals surface area contributed by atoms with Crippen molar-refractivity contribution in [3.63, 3.8) is 0 Å². The molecule has 1 atom stereocenters. The highest BCUT2D eigenvalue weighted by molar-refractivity contribution is 4.88. The van der Waals surface area contributed by atoms with Crippen LogP contribution >= 0.6 is 0 Å². The van der Waals surface area contributed by atoms with Crippen molar-refractivity contribution in [1.29, 1.82) is 0 Å². The number of hydrogen-bond donors (Lipinski definition) is 1. The SMILES string of the molecule is CCCC(CC)(CN)N(C)CCOC. The zero-order chi connectivity index (χ0) is 11.0. The van der Waals surface area contributed by atoms with Crippen molar-refractivity contribution < 1.29 is 4.74 Å². The third-order valence-electron chi connectivity index (χ3n) is 3.19. The lowest BCUT2D eigenvalue weighted by Crippen LogP contribution is -2.52. The lowest BCUT2D eigenvalue weighted by atomic mass is 9.89. The van der Waals surface area contributed by atoms with Crippen LogP contribution in [0.15, 0.2) is 0 Å². The van der Waals surface area contributed by atoms with Crippen LogP contribution in [0.1, 0.15) is 33.1 Å². The third-order valence-corrected chi connectivity index (χ3v) is 3.19. The summed E-state index contributed by atoms with van der Waals surface area (Å²) in [4.78, 5) is 2.35. The summed E-state index contributed by atoms with van der Waals surface area (Å²) in [5.41, 5.74) is 6.07. The summed E-state index contributed by atoms with van der Waals surface area (Å²) in [5.74, 6) is 0. The van der Waals surface area contributed by atoms with Gasteiger partial charge >= 0.3 is 0 Å². The van der Waals surface area contributed by atoms with E-state index in [1.807, 2.05) is 0 Å². The summed E-state index contributed by atoms with van der Waals surface area (Å²) in [6.07, 6.45) is 3.46. The molecular formula is C11H26N2O. The summed E-state index contributed by atoms with van der Waals surface area (Å²) in [5, 5.41) is 0. The zero-order valence-electron chi connectivity index (χ0n) is 10.2. The minimum atomic E-state index is 0.174. The van der Waals surface area contributed by atoms with E-state index >= 15 is 0 Å². The molecule has 0 heterocycles. The quantitative estimate of drug-likeness (QED) is 0.648. The molecule has 3 nitrogen and oxygen atoms in total. The van der Waals surface area contributed by atoms with Crippen molar-refractivity contribution in [2.24, 2.45) is 5.73 Å². The van der Waals surface area contributed by atoms with Gasteiger partial charge in [0.25, 0.3) is 0 Å². The second-order valence-electron chi connectivity index (χ2n) is 3.95. The maximum atomic E-state index is 5.89. The number of nitrogens with two attached hydrogens (primary N) is 1. The second-order valence-corrected chi connectivity index (χ2v) is 3.95. The number of hydrogen-bond acceptors (Lipinski definition) is 3. The normalized spacial score (nSPS) is 15.9. The van der Waals surface area contributed by atoms with E-state index in [0.717, 1.165) is 26.1 Å². The molecule has 0 radical (unpaired) electrons. The highest BCUT2D eigenvalue weighted by atomic mass is 16.5. The van der Waals surface area contributed by atoms with E-state index in [9.17, 15) is 0 Å². The first-order valence-corrected chi connectivity index (χ1v) is 5.57. The molecule has 0 aliphatic rings. The van der Waals surface area contributed by atoms with Crippen LogP contribution in [-0.4, -0.2) is 44.3 Å². The van der Waals surface area contributed by atoms with Crippen LogP contribution in [0.4, 0.5) is 0 Å². The van der Waals surface area contributed by atoms with Crippen molar-refractivity contribution in [2.45, 2.75) is 38.6 Å². The van der Waals surface area contributed by atoms with Crippen molar-refractivity contribution in [1.82, 2.24) is 4.90 Å². The molecule has 3 heteroatoms. The Kier molecular flexibility index (Phi) is 7.15. The standard InChI is InChI=1S/C11H26N2O/c1-5-7-11(6-2,10-12)13(3)8-9-14-4/h5-10,12H2,1-4H3. The van der Waals surface area contributed by atoms with Crippen molar-refractivity contribution >= 4 is 0 Å². The fraction of sp³-hybridized carbons (Fsp3) is 1.00. The Hall–Kier alpha value is -0.120. The lowest BCUT2D eigenvalue weighted by molar-refractivity contribution is 0.0730. The second kappa shape index (κ2) is 7.21. The van der Waals surface area contributed by atoms with Gasteiger partial charge in [0.2, 0.25) is 0 Å². The van der Waals surface area contributed by atoms with Crippen LogP contribution < -0.4 is 5.73 Å². The lowest BCUT2D eigenvalue weighted by Gasteiger charge is -2.40. The smallest absolute Gasteiger partial charge is 0.0589 e. The molecule has 0 amide bonds. The fourth-order valence-electron chi connectivity index (χ4n) is 1.97. The molecule has 0 bridgehead atoms. The minimum Gasteiger partial charge on any atom is -0.383 e. The fourth-order valence-corrected chi connectivity index (χ4v) is 1.97. The van der Waals surface area contributed by atoms with Gasteiger partial charge in [-0.3, -0.25) is 4.90 Å². The molecule has 0 aromatic carbocycles. The molecular weight excluding hydrogens is 176 g/mol. The van der Waals surface area contributed by atoms with Gasteiger partial charge in [-0.15, -0.1) is 0 Å². The van der Waals surface area contributed by atoms with Crippen LogP contribution in [0.3, 0.4) is 0 Å². The maximum absolute atomic E-state index is 5.89. The molecule has 0 aromatic heterocycles. The molecule has 0 fully saturated rings. The number of rotatable bonds is 8. The van der Waals surface area contributed by atoms with E-state index in [1.165, 1.54) is 12.8 Å². The van der Waals surface area contributed by atoms with Crippen LogP contribution in [-0.2, 0) is 4.74 Å². The van der Waals surface area contributed by atoms with E-state index < -0.39 is 0 Å². The van der Waals surface area contributed by atoms with Gasteiger partial charge < -0.3 is 10.5 Å². The predicted octanol–water partition coefficient (Wildman–Crippen LogP) is 1.47. The van der Waals surface area contributed by atoms with Crippen LogP contribution in [0.5, 0.6) is 0 Å². The van der Waals surface area contributed by atoms with E-state index in [1.54, 1.807) is 7.11 Å². The van der Waals surface area contributed by atoms with E-state index in [-0.39, 0.29) is 5.54 Å². The van der Waals surface area contributed by atoms with Gasteiger partial charge in [-0.1, -0.05) is 20.3 Å². The number of ether oxygens (including phenoxy) is 1. The van der Waals surface area contributed by atoms with Gasteiger partial charge in [-0.25, -0.2) is 0 Å².